The largest absolute Gasteiger partial charge is 0.493 e. The quantitative estimate of drug-likeness (QED) is 0.556. The summed E-state index contributed by atoms with van der Waals surface area (Å²) >= 11 is 0. The molecule has 0 aromatic heterocycles. The molecule has 0 bridgehead atoms. The highest BCUT2D eigenvalue weighted by Crippen LogP contribution is 2.28. The fourth-order valence-electron chi connectivity index (χ4n) is 2.63. The Morgan fingerprint density at radius 3 is 2.46 bits per heavy atom. The van der Waals surface area contributed by atoms with Crippen LogP contribution in [-0.4, -0.2) is 43.3 Å². The Morgan fingerprint density at radius 1 is 1.11 bits per heavy atom. The molecule has 0 amide bonds. The molecule has 6 heteroatoms. The van der Waals surface area contributed by atoms with Gasteiger partial charge in [-0.05, 0) is 24.1 Å². The van der Waals surface area contributed by atoms with Crippen LogP contribution in [0.25, 0.3) is 0 Å². The molecule has 2 aromatic carbocycles. The van der Waals surface area contributed by atoms with Gasteiger partial charge in [-0.2, -0.15) is 0 Å². The van der Waals surface area contributed by atoms with Gasteiger partial charge in [0.1, 0.15) is 12.7 Å². The number of carbonyl (C=O) groups is 1. The summed E-state index contributed by atoms with van der Waals surface area (Å²) in [5.74, 6) is 1.30. The first-order chi connectivity index (χ1) is 13.0. The van der Waals surface area contributed by atoms with E-state index in [1.165, 1.54) is 0 Å². The predicted octanol–water partition coefficient (Wildman–Crippen LogP) is 3.67. The van der Waals surface area contributed by atoms with Gasteiger partial charge in [-0.25, -0.2) is 0 Å². The third kappa shape index (κ3) is 7.89. The van der Waals surface area contributed by atoms with E-state index in [0.717, 1.165) is 11.1 Å². The average Bonchev–Trinajstić information content (AvgIpc) is 2.69. The standard InChI is InChI=1S/C22H29NO4.ClH/c1-16(2)23-14-19(24)15-27-22-13-17(10-12-21(22)26-3)9-11-20(25)18-7-5-4-6-8-18;/h4-8,10,12-13,16,19,23-24H,9,11,14-15H2,1-3H3;1H. The van der Waals surface area contributed by atoms with Crippen LogP contribution in [0.1, 0.15) is 36.2 Å². The van der Waals surface area contributed by atoms with E-state index in [1.807, 2.05) is 62.4 Å². The molecule has 2 N–H and O–H groups in total. The molecule has 0 saturated carbocycles. The summed E-state index contributed by atoms with van der Waals surface area (Å²) in [6.45, 7) is 4.68. The Kier molecular flexibility index (Phi) is 10.6. The monoisotopic (exact) mass is 407 g/mol. The van der Waals surface area contributed by atoms with Crippen molar-refractivity contribution in [3.05, 3.63) is 59.7 Å². The molecule has 2 rings (SSSR count). The van der Waals surface area contributed by atoms with E-state index in [-0.39, 0.29) is 24.8 Å². The Morgan fingerprint density at radius 2 is 1.82 bits per heavy atom. The van der Waals surface area contributed by atoms with E-state index < -0.39 is 6.10 Å². The van der Waals surface area contributed by atoms with Crippen molar-refractivity contribution in [2.75, 3.05) is 20.3 Å². The fourth-order valence-corrected chi connectivity index (χ4v) is 2.63. The summed E-state index contributed by atoms with van der Waals surface area (Å²) in [7, 11) is 1.58. The molecule has 0 saturated heterocycles. The van der Waals surface area contributed by atoms with Crippen molar-refractivity contribution in [1.29, 1.82) is 0 Å². The Hall–Kier alpha value is -2.08. The van der Waals surface area contributed by atoms with Gasteiger partial charge in [0.15, 0.2) is 17.3 Å². The summed E-state index contributed by atoms with van der Waals surface area (Å²) in [5, 5.41) is 13.2. The normalized spacial score (nSPS) is 11.6. The highest BCUT2D eigenvalue weighted by molar-refractivity contribution is 5.96. The number of hydrogen-bond acceptors (Lipinski definition) is 5. The molecule has 0 aliphatic carbocycles. The van der Waals surface area contributed by atoms with Crippen LogP contribution in [0.3, 0.4) is 0 Å². The lowest BCUT2D eigenvalue weighted by atomic mass is 10.0. The number of ketones is 1. The Labute approximate surface area is 173 Å². The van der Waals surface area contributed by atoms with Crippen LogP contribution in [0.4, 0.5) is 0 Å². The molecule has 5 nitrogen and oxygen atoms in total. The number of rotatable bonds is 11. The van der Waals surface area contributed by atoms with Crippen molar-refractivity contribution in [1.82, 2.24) is 5.32 Å². The Balaban J connectivity index is 0.00000392. The molecule has 0 aliphatic rings. The minimum atomic E-state index is -0.611. The third-order valence-electron chi connectivity index (χ3n) is 4.16. The lowest BCUT2D eigenvalue weighted by Crippen LogP contribution is -2.35. The number of halogens is 1. The number of aryl methyl sites for hydroxylation is 1. The van der Waals surface area contributed by atoms with Crippen LogP contribution in [0.2, 0.25) is 0 Å². The summed E-state index contributed by atoms with van der Waals surface area (Å²) in [6.07, 6.45) is 0.433. The summed E-state index contributed by atoms with van der Waals surface area (Å²) in [6, 6.07) is 15.2. The summed E-state index contributed by atoms with van der Waals surface area (Å²) < 4.78 is 11.1. The van der Waals surface area contributed by atoms with Crippen molar-refractivity contribution < 1.29 is 19.4 Å². The predicted molar refractivity (Wildman–Crippen MR) is 114 cm³/mol. The van der Waals surface area contributed by atoms with Crippen molar-refractivity contribution in [2.24, 2.45) is 0 Å². The molecule has 28 heavy (non-hydrogen) atoms. The molecule has 0 fully saturated rings. The van der Waals surface area contributed by atoms with Crippen molar-refractivity contribution >= 4 is 18.2 Å². The highest BCUT2D eigenvalue weighted by Gasteiger charge is 2.11. The molecule has 154 valence electrons. The zero-order valence-electron chi connectivity index (χ0n) is 16.7. The van der Waals surface area contributed by atoms with Gasteiger partial charge in [0, 0.05) is 24.6 Å². The van der Waals surface area contributed by atoms with E-state index in [1.54, 1.807) is 7.11 Å². The third-order valence-corrected chi connectivity index (χ3v) is 4.16. The second-order valence-corrected chi connectivity index (χ2v) is 6.80. The van der Waals surface area contributed by atoms with Gasteiger partial charge in [-0.15, -0.1) is 12.4 Å². The maximum Gasteiger partial charge on any atom is 0.163 e. The molecular formula is C22H30ClNO4. The van der Waals surface area contributed by atoms with Crippen LogP contribution in [0.15, 0.2) is 48.5 Å². The molecular weight excluding hydrogens is 378 g/mol. The number of aliphatic hydroxyl groups excluding tert-OH is 1. The van der Waals surface area contributed by atoms with E-state index in [9.17, 15) is 9.90 Å². The van der Waals surface area contributed by atoms with Crippen molar-refractivity contribution in [2.45, 2.75) is 38.8 Å². The average molecular weight is 408 g/mol. The van der Waals surface area contributed by atoms with E-state index in [2.05, 4.69) is 5.32 Å². The van der Waals surface area contributed by atoms with Crippen LogP contribution in [0, 0.1) is 0 Å². The maximum absolute atomic E-state index is 12.3. The lowest BCUT2D eigenvalue weighted by Gasteiger charge is -2.17. The molecule has 0 radical (unpaired) electrons. The van der Waals surface area contributed by atoms with Gasteiger partial charge in [-0.3, -0.25) is 4.79 Å². The zero-order valence-corrected chi connectivity index (χ0v) is 17.5. The van der Waals surface area contributed by atoms with Crippen molar-refractivity contribution in [3.8, 4) is 11.5 Å². The SMILES string of the molecule is COc1ccc(CCC(=O)c2ccccc2)cc1OCC(O)CNC(C)C.Cl. The first-order valence-electron chi connectivity index (χ1n) is 9.29. The number of ether oxygens (including phenoxy) is 2. The first-order valence-corrected chi connectivity index (χ1v) is 9.29. The van der Waals surface area contributed by atoms with Crippen molar-refractivity contribution in [3.63, 3.8) is 0 Å². The van der Waals surface area contributed by atoms with E-state index >= 15 is 0 Å². The number of methoxy groups -OCH3 is 1. The molecule has 1 unspecified atom stereocenters. The Bertz CT molecular complexity index is 722. The van der Waals surface area contributed by atoms with Gasteiger partial charge in [0.25, 0.3) is 0 Å². The van der Waals surface area contributed by atoms with E-state index in [0.29, 0.717) is 36.9 Å². The van der Waals surface area contributed by atoms with Crippen LogP contribution < -0.4 is 14.8 Å². The minimum Gasteiger partial charge on any atom is -0.493 e. The number of nitrogens with one attached hydrogen (secondary N) is 1. The minimum absolute atomic E-state index is 0. The smallest absolute Gasteiger partial charge is 0.163 e. The summed E-state index contributed by atoms with van der Waals surface area (Å²) in [5.41, 5.74) is 1.72. The first kappa shape index (κ1) is 24.0. The van der Waals surface area contributed by atoms with Gasteiger partial charge >= 0.3 is 0 Å². The van der Waals surface area contributed by atoms with Gasteiger partial charge in [0.2, 0.25) is 0 Å². The highest BCUT2D eigenvalue weighted by atomic mass is 35.5. The molecule has 0 aliphatic heterocycles. The van der Waals surface area contributed by atoms with Gasteiger partial charge in [-0.1, -0.05) is 50.2 Å². The second kappa shape index (κ2) is 12.4. The number of Topliss-reactive ketones (excluding diaryl/α,β-unsaturated/α-hetero) is 1. The lowest BCUT2D eigenvalue weighted by molar-refractivity contribution is 0.0982. The molecule has 0 spiro atoms. The molecule has 2 aromatic rings. The number of carbonyl (C=O) groups excluding carboxylic acids is 1. The van der Waals surface area contributed by atoms with Crippen LogP contribution in [-0.2, 0) is 6.42 Å². The van der Waals surface area contributed by atoms with E-state index in [4.69, 9.17) is 9.47 Å². The van der Waals surface area contributed by atoms with Crippen LogP contribution >= 0.6 is 12.4 Å². The number of hydrogen-bond donors (Lipinski definition) is 2. The topological polar surface area (TPSA) is 67.8 Å². The molecule has 1 atom stereocenters. The van der Waals surface area contributed by atoms with Crippen LogP contribution in [0.5, 0.6) is 11.5 Å². The van der Waals surface area contributed by atoms with Gasteiger partial charge < -0.3 is 19.9 Å². The number of aliphatic hydroxyl groups is 1. The fraction of sp³-hybridized carbons (Fsp3) is 0.409. The van der Waals surface area contributed by atoms with Gasteiger partial charge in [0.05, 0.1) is 7.11 Å². The maximum atomic E-state index is 12.3. The zero-order chi connectivity index (χ0) is 19.6. The second-order valence-electron chi connectivity index (χ2n) is 6.80. The molecule has 0 heterocycles. The number of benzene rings is 2. The summed E-state index contributed by atoms with van der Waals surface area (Å²) in [4.78, 5) is 12.3.